The summed E-state index contributed by atoms with van der Waals surface area (Å²) in [4.78, 5) is 22.4. The van der Waals surface area contributed by atoms with Gasteiger partial charge in [0.1, 0.15) is 11.0 Å². The van der Waals surface area contributed by atoms with Crippen LogP contribution >= 0.6 is 23.4 Å². The van der Waals surface area contributed by atoms with Crippen molar-refractivity contribution in [1.82, 2.24) is 15.3 Å². The molecule has 0 unspecified atom stereocenters. The summed E-state index contributed by atoms with van der Waals surface area (Å²) in [6, 6.07) is 1.75. The number of carbonyl (C=O) groups is 1. The number of hydrogen-bond donors (Lipinski definition) is 1. The number of rotatable bonds is 8. The Labute approximate surface area is 135 Å². The van der Waals surface area contributed by atoms with Gasteiger partial charge in [-0.2, -0.15) is 0 Å². The van der Waals surface area contributed by atoms with E-state index in [1.807, 2.05) is 0 Å². The minimum atomic E-state index is -0.0123. The predicted molar refractivity (Wildman–Crippen MR) is 89.2 cm³/mol. The highest BCUT2D eigenvalue weighted by Gasteiger charge is 2.10. The van der Waals surface area contributed by atoms with Gasteiger partial charge in [0, 0.05) is 25.7 Å². The average Bonchev–Trinajstić information content (AvgIpc) is 2.43. The largest absolute Gasteiger partial charge is 0.357 e. The Morgan fingerprint density at radius 2 is 2.05 bits per heavy atom. The summed E-state index contributed by atoms with van der Waals surface area (Å²) >= 11 is 7.34. The first-order valence-corrected chi connectivity index (χ1v) is 8.51. The van der Waals surface area contributed by atoms with Gasteiger partial charge in [-0.15, -0.1) is 0 Å². The van der Waals surface area contributed by atoms with Gasteiger partial charge in [0.2, 0.25) is 5.91 Å². The van der Waals surface area contributed by atoms with E-state index < -0.39 is 0 Å². The molecule has 0 saturated heterocycles. The van der Waals surface area contributed by atoms with Crippen molar-refractivity contribution >= 4 is 35.1 Å². The Kier molecular flexibility index (Phi) is 7.82. The maximum atomic E-state index is 11.7. The number of halogens is 1. The van der Waals surface area contributed by atoms with Gasteiger partial charge in [-0.1, -0.05) is 37.2 Å². The number of anilines is 1. The molecular formula is C14H23ClN4OS. The van der Waals surface area contributed by atoms with Crippen LogP contribution in [0.5, 0.6) is 0 Å². The minimum absolute atomic E-state index is 0.0123. The van der Waals surface area contributed by atoms with Crippen molar-refractivity contribution in [3.63, 3.8) is 0 Å². The molecular weight excluding hydrogens is 308 g/mol. The molecule has 1 N–H and O–H groups in total. The number of nitrogens with one attached hydrogen (secondary N) is 1. The molecule has 7 heteroatoms. The zero-order valence-electron chi connectivity index (χ0n) is 13.0. The van der Waals surface area contributed by atoms with E-state index in [1.54, 1.807) is 6.07 Å². The van der Waals surface area contributed by atoms with Gasteiger partial charge in [0.05, 0.1) is 5.75 Å². The lowest BCUT2D eigenvalue weighted by Gasteiger charge is -2.20. The molecule has 1 heterocycles. The van der Waals surface area contributed by atoms with E-state index in [1.165, 1.54) is 11.8 Å². The van der Waals surface area contributed by atoms with Crippen molar-refractivity contribution in [3.8, 4) is 0 Å². The summed E-state index contributed by atoms with van der Waals surface area (Å²) in [5, 5.41) is 3.80. The Morgan fingerprint density at radius 3 is 2.62 bits per heavy atom. The van der Waals surface area contributed by atoms with Crippen molar-refractivity contribution in [2.75, 3.05) is 30.3 Å². The first kappa shape index (κ1) is 18.0. The van der Waals surface area contributed by atoms with Crippen molar-refractivity contribution in [2.45, 2.75) is 32.9 Å². The third-order valence-corrected chi connectivity index (χ3v) is 3.83. The van der Waals surface area contributed by atoms with Crippen molar-refractivity contribution in [3.05, 3.63) is 11.2 Å². The summed E-state index contributed by atoms with van der Waals surface area (Å²) in [6.07, 6.45) is 0. The Balaban J connectivity index is 2.65. The van der Waals surface area contributed by atoms with Crippen LogP contribution in [0.4, 0.5) is 5.82 Å². The third kappa shape index (κ3) is 6.52. The van der Waals surface area contributed by atoms with Crippen LogP contribution in [0.1, 0.15) is 27.7 Å². The van der Waals surface area contributed by atoms with Gasteiger partial charge in [0.25, 0.3) is 0 Å². The number of thioether (sulfide) groups is 1. The fourth-order valence-electron chi connectivity index (χ4n) is 1.66. The first-order chi connectivity index (χ1) is 9.96. The molecule has 1 rings (SSSR count). The molecule has 118 valence electrons. The first-order valence-electron chi connectivity index (χ1n) is 7.15. The standard InChI is InChI=1S/C14H23ClN4OS/c1-5-19(6-2)12-7-11(15)17-14(18-12)21-9-13(20)16-8-10(3)4/h7,10H,5-6,8-9H2,1-4H3,(H,16,20). The van der Waals surface area contributed by atoms with Crippen LogP contribution in [-0.4, -0.2) is 41.3 Å². The minimum Gasteiger partial charge on any atom is -0.357 e. The van der Waals surface area contributed by atoms with E-state index in [0.29, 0.717) is 28.5 Å². The second-order valence-electron chi connectivity index (χ2n) is 4.99. The number of carbonyl (C=O) groups excluding carboxylic acids is 1. The zero-order valence-corrected chi connectivity index (χ0v) is 14.6. The Bertz CT molecular complexity index is 466. The lowest BCUT2D eigenvalue weighted by atomic mass is 10.2. The molecule has 1 aromatic rings. The smallest absolute Gasteiger partial charge is 0.230 e. The van der Waals surface area contributed by atoms with Gasteiger partial charge in [-0.3, -0.25) is 4.79 Å². The van der Waals surface area contributed by atoms with Gasteiger partial charge in [-0.25, -0.2) is 9.97 Å². The van der Waals surface area contributed by atoms with Gasteiger partial charge in [0.15, 0.2) is 5.16 Å². The van der Waals surface area contributed by atoms with Crippen LogP contribution in [0.15, 0.2) is 11.2 Å². The molecule has 0 atom stereocenters. The maximum absolute atomic E-state index is 11.7. The average molecular weight is 331 g/mol. The van der Waals surface area contributed by atoms with Gasteiger partial charge < -0.3 is 10.2 Å². The fraction of sp³-hybridized carbons (Fsp3) is 0.643. The van der Waals surface area contributed by atoms with Crippen molar-refractivity contribution in [2.24, 2.45) is 5.92 Å². The number of nitrogens with zero attached hydrogens (tertiary/aromatic N) is 3. The normalized spacial score (nSPS) is 10.8. The monoisotopic (exact) mass is 330 g/mol. The lowest BCUT2D eigenvalue weighted by Crippen LogP contribution is -2.28. The highest BCUT2D eigenvalue weighted by atomic mass is 35.5. The lowest BCUT2D eigenvalue weighted by molar-refractivity contribution is -0.118. The Morgan fingerprint density at radius 1 is 1.38 bits per heavy atom. The number of amides is 1. The van der Waals surface area contributed by atoms with E-state index >= 15 is 0 Å². The number of aromatic nitrogens is 2. The predicted octanol–water partition coefficient (Wildman–Crippen LogP) is 2.84. The number of hydrogen-bond acceptors (Lipinski definition) is 5. The summed E-state index contributed by atoms with van der Waals surface area (Å²) in [7, 11) is 0. The molecule has 0 aliphatic carbocycles. The van der Waals surface area contributed by atoms with E-state index in [9.17, 15) is 4.79 Å². The molecule has 0 bridgehead atoms. The van der Waals surface area contributed by atoms with Crippen LogP contribution in [0, 0.1) is 5.92 Å². The molecule has 0 saturated carbocycles. The molecule has 0 fully saturated rings. The molecule has 0 aromatic carbocycles. The summed E-state index contributed by atoms with van der Waals surface area (Å²) in [6.45, 7) is 10.6. The highest BCUT2D eigenvalue weighted by molar-refractivity contribution is 7.99. The molecule has 5 nitrogen and oxygen atoms in total. The maximum Gasteiger partial charge on any atom is 0.230 e. The quantitative estimate of drug-likeness (QED) is 0.451. The molecule has 0 aliphatic heterocycles. The zero-order chi connectivity index (χ0) is 15.8. The van der Waals surface area contributed by atoms with Crippen LogP contribution in [0.25, 0.3) is 0 Å². The summed E-state index contributed by atoms with van der Waals surface area (Å²) in [5.74, 6) is 1.52. The van der Waals surface area contributed by atoms with Crippen LogP contribution < -0.4 is 10.2 Å². The SMILES string of the molecule is CCN(CC)c1cc(Cl)nc(SCC(=O)NCC(C)C)n1. The van der Waals surface area contributed by atoms with Crippen LogP contribution in [0.2, 0.25) is 5.15 Å². The van der Waals surface area contributed by atoms with Gasteiger partial charge in [-0.05, 0) is 19.8 Å². The molecule has 1 amide bonds. The highest BCUT2D eigenvalue weighted by Crippen LogP contribution is 2.21. The summed E-state index contributed by atoms with van der Waals surface area (Å²) < 4.78 is 0. The second-order valence-corrected chi connectivity index (χ2v) is 6.32. The fourth-order valence-corrected chi connectivity index (χ4v) is 2.57. The van der Waals surface area contributed by atoms with Crippen LogP contribution in [0.3, 0.4) is 0 Å². The molecule has 1 aromatic heterocycles. The van der Waals surface area contributed by atoms with Gasteiger partial charge >= 0.3 is 0 Å². The molecule has 21 heavy (non-hydrogen) atoms. The van der Waals surface area contributed by atoms with Crippen molar-refractivity contribution in [1.29, 1.82) is 0 Å². The third-order valence-electron chi connectivity index (χ3n) is 2.79. The van der Waals surface area contributed by atoms with E-state index in [-0.39, 0.29) is 5.91 Å². The van der Waals surface area contributed by atoms with E-state index in [2.05, 4.69) is 47.9 Å². The van der Waals surface area contributed by atoms with Crippen LogP contribution in [-0.2, 0) is 4.79 Å². The topological polar surface area (TPSA) is 58.1 Å². The second kappa shape index (κ2) is 9.10. The Hall–Kier alpha value is -1.01. The molecule has 0 aliphatic rings. The summed E-state index contributed by atoms with van der Waals surface area (Å²) in [5.41, 5.74) is 0. The van der Waals surface area contributed by atoms with Crippen molar-refractivity contribution < 1.29 is 4.79 Å². The van der Waals surface area contributed by atoms with E-state index in [0.717, 1.165) is 18.9 Å². The molecule has 0 spiro atoms. The molecule has 0 radical (unpaired) electrons. The van der Waals surface area contributed by atoms with E-state index in [4.69, 9.17) is 11.6 Å².